The highest BCUT2D eigenvalue weighted by atomic mass is 16.5. The number of carbonyl (C=O) groups excluding carboxylic acids is 2. The SMILES string of the molecule is COc1cc(/C=C/C(=O)c2ccc(O)cc2)c(OC)cc1/C=C/C(=O)c1ccc(O)cc1. The average Bonchev–Trinajstić information content (AvgIpc) is 2.81. The standard InChI is InChI=1S/C26H22O6/c1-31-25-15-20(8-14-24(30)18-5-11-22(28)12-6-18)26(32-2)16-19(25)7-13-23(29)17-3-9-21(27)10-4-17/h3-16,27-28H,1-2H3/b13-7+,14-8+. The molecule has 0 unspecified atom stereocenters. The van der Waals surface area contributed by atoms with Crippen molar-refractivity contribution in [3.63, 3.8) is 0 Å². The first-order valence-electron chi connectivity index (χ1n) is 9.70. The van der Waals surface area contributed by atoms with E-state index in [0.717, 1.165) is 0 Å². The molecule has 0 heterocycles. The van der Waals surface area contributed by atoms with Gasteiger partial charge in [-0.3, -0.25) is 9.59 Å². The maximum absolute atomic E-state index is 12.4. The van der Waals surface area contributed by atoms with Gasteiger partial charge in [-0.1, -0.05) is 0 Å². The van der Waals surface area contributed by atoms with Crippen molar-refractivity contribution in [2.75, 3.05) is 14.2 Å². The van der Waals surface area contributed by atoms with E-state index in [9.17, 15) is 19.8 Å². The van der Waals surface area contributed by atoms with Gasteiger partial charge in [0, 0.05) is 22.3 Å². The molecule has 0 fully saturated rings. The van der Waals surface area contributed by atoms with Gasteiger partial charge in [0.2, 0.25) is 0 Å². The average molecular weight is 430 g/mol. The number of phenolic OH excluding ortho intramolecular Hbond substituents is 2. The monoisotopic (exact) mass is 430 g/mol. The molecule has 3 aromatic carbocycles. The predicted octanol–water partition coefficient (Wildman–Crippen LogP) is 4.91. The molecule has 0 amide bonds. The Kier molecular flexibility index (Phi) is 7.08. The number of phenols is 2. The molecule has 0 spiro atoms. The summed E-state index contributed by atoms with van der Waals surface area (Å²) >= 11 is 0. The van der Waals surface area contributed by atoms with Crippen molar-refractivity contribution < 1.29 is 29.3 Å². The van der Waals surface area contributed by atoms with Crippen LogP contribution in [0.25, 0.3) is 12.2 Å². The number of allylic oxidation sites excluding steroid dienone is 2. The summed E-state index contributed by atoms with van der Waals surface area (Å²) in [4.78, 5) is 24.8. The number of aromatic hydroxyl groups is 2. The second-order valence-corrected chi connectivity index (χ2v) is 6.83. The highest BCUT2D eigenvalue weighted by Gasteiger charge is 2.10. The number of benzene rings is 3. The Morgan fingerprint density at radius 1 is 0.656 bits per heavy atom. The second kappa shape index (κ2) is 10.1. The summed E-state index contributed by atoms with van der Waals surface area (Å²) in [7, 11) is 3.02. The van der Waals surface area contributed by atoms with Crippen molar-refractivity contribution >= 4 is 23.7 Å². The van der Waals surface area contributed by atoms with Crippen molar-refractivity contribution in [3.05, 3.63) is 95.1 Å². The van der Waals surface area contributed by atoms with E-state index in [1.807, 2.05) is 0 Å². The van der Waals surface area contributed by atoms with Crippen molar-refractivity contribution in [1.29, 1.82) is 0 Å². The minimum Gasteiger partial charge on any atom is -0.508 e. The van der Waals surface area contributed by atoms with Gasteiger partial charge >= 0.3 is 0 Å². The van der Waals surface area contributed by atoms with Crippen LogP contribution in [0.4, 0.5) is 0 Å². The van der Waals surface area contributed by atoms with Gasteiger partial charge in [-0.05, 0) is 85.0 Å². The molecule has 0 atom stereocenters. The van der Waals surface area contributed by atoms with Gasteiger partial charge in [0.25, 0.3) is 0 Å². The molecule has 0 radical (unpaired) electrons. The largest absolute Gasteiger partial charge is 0.508 e. The molecule has 6 heteroatoms. The number of ketones is 2. The normalized spacial score (nSPS) is 11.1. The van der Waals surface area contributed by atoms with E-state index < -0.39 is 0 Å². The zero-order chi connectivity index (χ0) is 23.1. The third-order valence-corrected chi connectivity index (χ3v) is 4.71. The van der Waals surface area contributed by atoms with Gasteiger partial charge in [-0.25, -0.2) is 0 Å². The fourth-order valence-electron chi connectivity index (χ4n) is 2.98. The summed E-state index contributed by atoms with van der Waals surface area (Å²) in [5.74, 6) is 0.715. The highest BCUT2D eigenvalue weighted by molar-refractivity contribution is 6.08. The van der Waals surface area contributed by atoms with Gasteiger partial charge in [-0.15, -0.1) is 0 Å². The van der Waals surface area contributed by atoms with Crippen molar-refractivity contribution in [1.82, 2.24) is 0 Å². The maximum atomic E-state index is 12.4. The number of methoxy groups -OCH3 is 2. The lowest BCUT2D eigenvalue weighted by Gasteiger charge is -2.11. The molecule has 0 saturated carbocycles. The van der Waals surface area contributed by atoms with Crippen LogP contribution in [0.15, 0.2) is 72.8 Å². The van der Waals surface area contributed by atoms with E-state index in [4.69, 9.17) is 9.47 Å². The third-order valence-electron chi connectivity index (χ3n) is 4.71. The summed E-state index contributed by atoms with van der Waals surface area (Å²) in [6, 6.07) is 15.4. The zero-order valence-electron chi connectivity index (χ0n) is 17.6. The quantitative estimate of drug-likeness (QED) is 0.390. The fourth-order valence-corrected chi connectivity index (χ4v) is 2.98. The molecule has 0 aliphatic carbocycles. The van der Waals surface area contributed by atoms with Crippen LogP contribution in [-0.4, -0.2) is 36.0 Å². The summed E-state index contributed by atoms with van der Waals surface area (Å²) in [5.41, 5.74) is 2.13. The number of carbonyl (C=O) groups is 2. The lowest BCUT2D eigenvalue weighted by Crippen LogP contribution is -1.96. The maximum Gasteiger partial charge on any atom is 0.185 e. The molecule has 162 valence electrons. The molecule has 3 aromatic rings. The van der Waals surface area contributed by atoms with Crippen LogP contribution in [0, 0.1) is 0 Å². The molecular formula is C26H22O6. The van der Waals surface area contributed by atoms with Gasteiger partial charge in [0.05, 0.1) is 14.2 Å². The van der Waals surface area contributed by atoms with Gasteiger partial charge in [-0.2, -0.15) is 0 Å². The molecule has 2 N–H and O–H groups in total. The Morgan fingerprint density at radius 2 is 1.00 bits per heavy atom. The van der Waals surface area contributed by atoms with E-state index in [0.29, 0.717) is 33.8 Å². The Balaban J connectivity index is 1.85. The van der Waals surface area contributed by atoms with Crippen LogP contribution < -0.4 is 9.47 Å². The second-order valence-electron chi connectivity index (χ2n) is 6.83. The summed E-state index contributed by atoms with van der Waals surface area (Å²) in [6.07, 6.45) is 6.05. The fraction of sp³-hybridized carbons (Fsp3) is 0.0769. The van der Waals surface area contributed by atoms with Gasteiger partial charge in [0.15, 0.2) is 11.6 Å². The molecular weight excluding hydrogens is 408 g/mol. The van der Waals surface area contributed by atoms with E-state index in [-0.39, 0.29) is 23.1 Å². The van der Waals surface area contributed by atoms with Crippen molar-refractivity contribution in [2.24, 2.45) is 0 Å². The predicted molar refractivity (Wildman–Crippen MR) is 122 cm³/mol. The topological polar surface area (TPSA) is 93.1 Å². The van der Waals surface area contributed by atoms with Gasteiger partial charge in [0.1, 0.15) is 23.0 Å². The van der Waals surface area contributed by atoms with E-state index in [1.54, 1.807) is 48.6 Å². The molecule has 0 bridgehead atoms. The molecule has 32 heavy (non-hydrogen) atoms. The zero-order valence-corrected chi connectivity index (χ0v) is 17.6. The third kappa shape index (κ3) is 5.43. The van der Waals surface area contributed by atoms with Crippen molar-refractivity contribution in [2.45, 2.75) is 0 Å². The molecule has 3 rings (SSSR count). The minimum atomic E-state index is -0.227. The Hall–Kier alpha value is -4.32. The lowest BCUT2D eigenvalue weighted by atomic mass is 10.0. The number of ether oxygens (including phenoxy) is 2. The molecule has 0 aliphatic rings. The van der Waals surface area contributed by atoms with Crippen LogP contribution in [0.1, 0.15) is 31.8 Å². The number of hydrogen-bond donors (Lipinski definition) is 2. The van der Waals surface area contributed by atoms with Crippen LogP contribution in [0.2, 0.25) is 0 Å². The molecule has 6 nitrogen and oxygen atoms in total. The van der Waals surface area contributed by atoms with Crippen LogP contribution >= 0.6 is 0 Å². The highest BCUT2D eigenvalue weighted by Crippen LogP contribution is 2.31. The summed E-state index contributed by atoms with van der Waals surface area (Å²) < 4.78 is 10.9. The Morgan fingerprint density at radius 3 is 1.31 bits per heavy atom. The first kappa shape index (κ1) is 22.4. The van der Waals surface area contributed by atoms with Crippen LogP contribution in [0.5, 0.6) is 23.0 Å². The first-order valence-corrected chi connectivity index (χ1v) is 9.70. The van der Waals surface area contributed by atoms with E-state index in [2.05, 4.69) is 0 Å². The van der Waals surface area contributed by atoms with Crippen molar-refractivity contribution in [3.8, 4) is 23.0 Å². The number of hydrogen-bond acceptors (Lipinski definition) is 6. The molecule has 0 saturated heterocycles. The van der Waals surface area contributed by atoms with E-state index >= 15 is 0 Å². The minimum absolute atomic E-state index is 0.0875. The first-order chi connectivity index (χ1) is 15.4. The molecule has 0 aromatic heterocycles. The smallest absolute Gasteiger partial charge is 0.185 e. The lowest BCUT2D eigenvalue weighted by molar-refractivity contribution is 0.103. The summed E-state index contributed by atoms with van der Waals surface area (Å²) in [5, 5.41) is 18.7. The van der Waals surface area contributed by atoms with Crippen LogP contribution in [0.3, 0.4) is 0 Å². The Bertz CT molecular complexity index is 1080. The Labute approximate surface area is 185 Å². The van der Waals surface area contributed by atoms with Crippen LogP contribution in [-0.2, 0) is 0 Å². The van der Waals surface area contributed by atoms with E-state index in [1.165, 1.54) is 50.6 Å². The number of rotatable bonds is 8. The van der Waals surface area contributed by atoms with Gasteiger partial charge < -0.3 is 19.7 Å². The molecule has 0 aliphatic heterocycles. The summed E-state index contributed by atoms with van der Waals surface area (Å²) in [6.45, 7) is 0.